The minimum atomic E-state index is -0.442. The number of aromatic amines is 1. The first-order valence-corrected chi connectivity index (χ1v) is 6.71. The standard InChI is InChI=1S/C14H14N6O2/c1-8-7-16-12(17-8)13(21)18-9(2)14-19-11(20-22-14)10-5-3-4-6-15-10/h3-7,9H,1-2H3,(H,16,17)(H,18,21)/t9-/m1/s1. The molecule has 8 heteroatoms. The summed E-state index contributed by atoms with van der Waals surface area (Å²) >= 11 is 0. The normalized spacial score (nSPS) is 12.1. The Morgan fingerprint density at radius 2 is 2.23 bits per heavy atom. The Kier molecular flexibility index (Phi) is 3.65. The number of hydrogen-bond acceptors (Lipinski definition) is 6. The average molecular weight is 298 g/mol. The highest BCUT2D eigenvalue weighted by molar-refractivity contribution is 5.90. The zero-order chi connectivity index (χ0) is 15.5. The van der Waals surface area contributed by atoms with Crippen LogP contribution >= 0.6 is 0 Å². The highest BCUT2D eigenvalue weighted by Crippen LogP contribution is 2.16. The number of nitrogens with one attached hydrogen (secondary N) is 2. The van der Waals surface area contributed by atoms with Gasteiger partial charge in [-0.2, -0.15) is 4.98 Å². The molecule has 3 rings (SSSR count). The number of carbonyl (C=O) groups is 1. The molecule has 0 spiro atoms. The molecule has 0 bridgehead atoms. The van der Waals surface area contributed by atoms with Crippen LogP contribution in [0.5, 0.6) is 0 Å². The molecule has 0 aliphatic rings. The van der Waals surface area contributed by atoms with Gasteiger partial charge < -0.3 is 14.8 Å². The summed E-state index contributed by atoms with van der Waals surface area (Å²) in [6.07, 6.45) is 3.24. The number of pyridine rings is 1. The molecule has 0 unspecified atom stereocenters. The molecule has 0 saturated heterocycles. The quantitative estimate of drug-likeness (QED) is 0.758. The Labute approximate surface area is 126 Å². The van der Waals surface area contributed by atoms with Crippen LogP contribution < -0.4 is 5.32 Å². The predicted octanol–water partition coefficient (Wildman–Crippen LogP) is 1.65. The third-order valence-electron chi connectivity index (χ3n) is 2.97. The Morgan fingerprint density at radius 3 is 2.91 bits per heavy atom. The van der Waals surface area contributed by atoms with Crippen LogP contribution in [0.3, 0.4) is 0 Å². The first kappa shape index (κ1) is 13.9. The molecule has 22 heavy (non-hydrogen) atoms. The van der Waals surface area contributed by atoms with E-state index in [1.165, 1.54) is 0 Å². The van der Waals surface area contributed by atoms with Crippen LogP contribution in [-0.2, 0) is 0 Å². The van der Waals surface area contributed by atoms with Gasteiger partial charge in [0.2, 0.25) is 11.7 Å². The molecule has 8 nitrogen and oxygen atoms in total. The van der Waals surface area contributed by atoms with Crippen molar-refractivity contribution in [2.75, 3.05) is 0 Å². The van der Waals surface area contributed by atoms with Gasteiger partial charge in [0.15, 0.2) is 5.82 Å². The summed E-state index contributed by atoms with van der Waals surface area (Å²) in [6.45, 7) is 3.58. The lowest BCUT2D eigenvalue weighted by Crippen LogP contribution is -2.27. The van der Waals surface area contributed by atoms with Gasteiger partial charge >= 0.3 is 0 Å². The number of nitrogens with zero attached hydrogens (tertiary/aromatic N) is 4. The molecule has 0 aromatic carbocycles. The van der Waals surface area contributed by atoms with Crippen LogP contribution in [0.15, 0.2) is 35.1 Å². The summed E-state index contributed by atoms with van der Waals surface area (Å²) in [5.41, 5.74) is 1.42. The molecule has 0 fully saturated rings. The molecular formula is C14H14N6O2. The fraction of sp³-hybridized carbons (Fsp3) is 0.214. The van der Waals surface area contributed by atoms with Crippen molar-refractivity contribution in [3.63, 3.8) is 0 Å². The molecule has 3 aromatic rings. The molecule has 0 saturated carbocycles. The van der Waals surface area contributed by atoms with Gasteiger partial charge in [-0.3, -0.25) is 9.78 Å². The van der Waals surface area contributed by atoms with Gasteiger partial charge in [-0.15, -0.1) is 0 Å². The highest BCUT2D eigenvalue weighted by atomic mass is 16.5. The van der Waals surface area contributed by atoms with Gasteiger partial charge in [-0.25, -0.2) is 4.98 Å². The highest BCUT2D eigenvalue weighted by Gasteiger charge is 2.19. The second-order valence-corrected chi connectivity index (χ2v) is 4.78. The van der Waals surface area contributed by atoms with Crippen LogP contribution in [0.1, 0.15) is 35.2 Å². The minimum Gasteiger partial charge on any atom is -0.338 e. The van der Waals surface area contributed by atoms with Gasteiger partial charge in [0.05, 0.1) is 0 Å². The van der Waals surface area contributed by atoms with Crippen molar-refractivity contribution in [1.29, 1.82) is 0 Å². The van der Waals surface area contributed by atoms with E-state index in [0.29, 0.717) is 17.4 Å². The van der Waals surface area contributed by atoms with Crippen molar-refractivity contribution in [3.8, 4) is 11.5 Å². The summed E-state index contributed by atoms with van der Waals surface area (Å²) in [7, 11) is 0. The van der Waals surface area contributed by atoms with E-state index >= 15 is 0 Å². The number of carbonyl (C=O) groups excluding carboxylic acids is 1. The first-order valence-electron chi connectivity index (χ1n) is 6.71. The molecule has 1 amide bonds. The largest absolute Gasteiger partial charge is 0.338 e. The zero-order valence-corrected chi connectivity index (χ0v) is 12.1. The molecule has 3 aromatic heterocycles. The van der Waals surface area contributed by atoms with Crippen molar-refractivity contribution in [1.82, 2.24) is 30.4 Å². The summed E-state index contributed by atoms with van der Waals surface area (Å²) < 4.78 is 5.18. The van der Waals surface area contributed by atoms with Crippen molar-refractivity contribution in [2.45, 2.75) is 19.9 Å². The van der Waals surface area contributed by atoms with Crippen molar-refractivity contribution in [2.24, 2.45) is 0 Å². The Balaban J connectivity index is 1.72. The van der Waals surface area contributed by atoms with Crippen LogP contribution in [0.25, 0.3) is 11.5 Å². The summed E-state index contributed by atoms with van der Waals surface area (Å²) in [5, 5.41) is 6.61. The van der Waals surface area contributed by atoms with Gasteiger partial charge in [0.25, 0.3) is 5.91 Å². The summed E-state index contributed by atoms with van der Waals surface area (Å²) in [6, 6.07) is 4.98. The average Bonchev–Trinajstić information content (AvgIpc) is 3.17. The van der Waals surface area contributed by atoms with Crippen LogP contribution in [0.2, 0.25) is 0 Å². The number of imidazole rings is 1. The van der Waals surface area contributed by atoms with Crippen molar-refractivity contribution >= 4 is 5.91 Å². The number of aromatic nitrogens is 5. The van der Waals surface area contributed by atoms with Crippen LogP contribution in [0, 0.1) is 6.92 Å². The molecular weight excluding hydrogens is 284 g/mol. The van der Waals surface area contributed by atoms with Gasteiger partial charge in [-0.1, -0.05) is 11.2 Å². The maximum atomic E-state index is 12.0. The van der Waals surface area contributed by atoms with Gasteiger partial charge in [0, 0.05) is 18.1 Å². The molecule has 0 aliphatic carbocycles. The van der Waals surface area contributed by atoms with E-state index in [9.17, 15) is 4.79 Å². The Bertz CT molecular complexity index is 779. The van der Waals surface area contributed by atoms with E-state index in [1.54, 1.807) is 31.5 Å². The van der Waals surface area contributed by atoms with Gasteiger partial charge in [0.1, 0.15) is 11.7 Å². The van der Waals surface area contributed by atoms with E-state index in [1.807, 2.05) is 13.0 Å². The molecule has 1 atom stereocenters. The fourth-order valence-corrected chi connectivity index (χ4v) is 1.86. The number of hydrogen-bond donors (Lipinski definition) is 2. The lowest BCUT2D eigenvalue weighted by atomic mass is 10.3. The van der Waals surface area contributed by atoms with E-state index < -0.39 is 6.04 Å². The summed E-state index contributed by atoms with van der Waals surface area (Å²) in [5.74, 6) is 0.592. The smallest absolute Gasteiger partial charge is 0.287 e. The topological polar surface area (TPSA) is 110 Å². The first-order chi connectivity index (χ1) is 10.6. The number of aryl methyl sites for hydroxylation is 1. The lowest BCUT2D eigenvalue weighted by molar-refractivity contribution is 0.0923. The lowest BCUT2D eigenvalue weighted by Gasteiger charge is -2.07. The van der Waals surface area contributed by atoms with Crippen molar-refractivity contribution < 1.29 is 9.32 Å². The second kappa shape index (κ2) is 5.76. The molecule has 2 N–H and O–H groups in total. The molecule has 112 valence electrons. The Hall–Kier alpha value is -3.03. The zero-order valence-electron chi connectivity index (χ0n) is 12.1. The molecule has 3 heterocycles. The maximum absolute atomic E-state index is 12.0. The van der Waals surface area contributed by atoms with E-state index in [-0.39, 0.29) is 11.7 Å². The monoisotopic (exact) mass is 298 g/mol. The van der Waals surface area contributed by atoms with E-state index in [0.717, 1.165) is 5.69 Å². The minimum absolute atomic E-state index is 0.244. The second-order valence-electron chi connectivity index (χ2n) is 4.78. The van der Waals surface area contributed by atoms with Gasteiger partial charge in [-0.05, 0) is 26.0 Å². The number of H-pyrrole nitrogens is 1. The summed E-state index contributed by atoms with van der Waals surface area (Å²) in [4.78, 5) is 27.2. The SMILES string of the molecule is Cc1cnc(C(=O)N[C@H](C)c2nc(-c3ccccn3)no2)[nH]1. The van der Waals surface area contributed by atoms with E-state index in [4.69, 9.17) is 4.52 Å². The molecule has 0 aliphatic heterocycles. The van der Waals surface area contributed by atoms with E-state index in [2.05, 4.69) is 30.4 Å². The van der Waals surface area contributed by atoms with Crippen LogP contribution in [-0.4, -0.2) is 31.0 Å². The third-order valence-corrected chi connectivity index (χ3v) is 2.97. The predicted molar refractivity (Wildman–Crippen MR) is 76.7 cm³/mol. The number of amides is 1. The third kappa shape index (κ3) is 2.85. The van der Waals surface area contributed by atoms with Crippen LogP contribution in [0.4, 0.5) is 0 Å². The van der Waals surface area contributed by atoms with Crippen molar-refractivity contribution in [3.05, 3.63) is 48.0 Å². The fourth-order valence-electron chi connectivity index (χ4n) is 1.86. The molecule has 0 radical (unpaired) electrons. The number of rotatable bonds is 4. The maximum Gasteiger partial charge on any atom is 0.287 e. The Morgan fingerprint density at radius 1 is 1.36 bits per heavy atom.